The topological polar surface area (TPSA) is 37.3 Å². The molecule has 0 aliphatic carbocycles. The van der Waals surface area contributed by atoms with Crippen molar-refractivity contribution in [1.82, 2.24) is 0 Å². The summed E-state index contributed by atoms with van der Waals surface area (Å²) < 4.78 is 12.9. The fourth-order valence-corrected chi connectivity index (χ4v) is 2.28. The summed E-state index contributed by atoms with van der Waals surface area (Å²) >= 11 is 0. The van der Waals surface area contributed by atoms with Gasteiger partial charge >= 0.3 is 5.97 Å². The Bertz CT molecular complexity index is 549. The van der Waals surface area contributed by atoms with Crippen LogP contribution in [0.25, 0.3) is 0 Å². The molecule has 0 aliphatic rings. The number of carboxylic acid groups (broad SMARTS) is 1. The first-order valence-electron chi connectivity index (χ1n) is 6.69. The van der Waals surface area contributed by atoms with Crippen LogP contribution in [0.4, 0.5) is 4.39 Å². The zero-order valence-corrected chi connectivity index (χ0v) is 11.1. The number of hydrogen-bond donors (Lipinski definition) is 1. The molecular formula is C17H17FO2. The Balaban J connectivity index is 1.96. The predicted molar refractivity (Wildman–Crippen MR) is 76.2 cm³/mol. The van der Waals surface area contributed by atoms with E-state index in [0.717, 1.165) is 12.8 Å². The van der Waals surface area contributed by atoms with Crippen LogP contribution in [0.2, 0.25) is 0 Å². The van der Waals surface area contributed by atoms with Crippen LogP contribution in [-0.2, 0) is 11.2 Å². The Kier molecular flexibility index (Phi) is 4.88. The zero-order chi connectivity index (χ0) is 14.4. The van der Waals surface area contributed by atoms with Crippen molar-refractivity contribution in [3.8, 4) is 0 Å². The van der Waals surface area contributed by atoms with Crippen molar-refractivity contribution in [2.24, 2.45) is 0 Å². The lowest BCUT2D eigenvalue weighted by Gasteiger charge is -2.12. The van der Waals surface area contributed by atoms with E-state index in [-0.39, 0.29) is 5.82 Å². The lowest BCUT2D eigenvalue weighted by molar-refractivity contribution is -0.139. The van der Waals surface area contributed by atoms with Gasteiger partial charge in [-0.25, -0.2) is 4.39 Å². The molecule has 0 bridgehead atoms. The zero-order valence-electron chi connectivity index (χ0n) is 11.1. The summed E-state index contributed by atoms with van der Waals surface area (Å²) in [6.07, 6.45) is 2.19. The smallest absolute Gasteiger partial charge is 0.310 e. The summed E-state index contributed by atoms with van der Waals surface area (Å²) in [5.41, 5.74) is 1.86. The lowest BCUT2D eigenvalue weighted by Crippen LogP contribution is -2.12. The monoisotopic (exact) mass is 272 g/mol. The minimum absolute atomic E-state index is 0.345. The standard InChI is InChI=1S/C17H17FO2/c18-15-11-9-14(10-12-15)16(17(19)20)8-4-7-13-5-2-1-3-6-13/h1-3,5-6,9-12,16H,4,7-8H2,(H,19,20). The molecule has 0 aliphatic heterocycles. The number of rotatable bonds is 6. The number of hydrogen-bond acceptors (Lipinski definition) is 1. The van der Waals surface area contributed by atoms with Gasteiger partial charge in [0.05, 0.1) is 5.92 Å². The third-order valence-corrected chi connectivity index (χ3v) is 3.37. The van der Waals surface area contributed by atoms with Crippen molar-refractivity contribution >= 4 is 5.97 Å². The van der Waals surface area contributed by atoms with Crippen molar-refractivity contribution < 1.29 is 14.3 Å². The molecule has 2 aromatic carbocycles. The molecule has 2 rings (SSSR count). The van der Waals surface area contributed by atoms with Gasteiger partial charge in [-0.05, 0) is 42.5 Å². The number of aryl methyl sites for hydroxylation is 1. The van der Waals surface area contributed by atoms with E-state index in [1.165, 1.54) is 17.7 Å². The van der Waals surface area contributed by atoms with Crippen molar-refractivity contribution in [3.05, 3.63) is 71.5 Å². The van der Waals surface area contributed by atoms with Gasteiger partial charge in [-0.15, -0.1) is 0 Å². The highest BCUT2D eigenvalue weighted by atomic mass is 19.1. The third kappa shape index (κ3) is 3.92. The predicted octanol–water partition coefficient (Wildman–Crippen LogP) is 4.02. The molecule has 0 saturated heterocycles. The maximum absolute atomic E-state index is 12.9. The number of aliphatic carboxylic acids is 1. The van der Waals surface area contributed by atoms with Gasteiger partial charge in [0, 0.05) is 0 Å². The summed E-state index contributed by atoms with van der Waals surface area (Å²) in [6, 6.07) is 15.7. The van der Waals surface area contributed by atoms with Crippen LogP contribution in [0.15, 0.2) is 54.6 Å². The molecule has 0 heterocycles. The summed E-state index contributed by atoms with van der Waals surface area (Å²) in [5.74, 6) is -1.77. The van der Waals surface area contributed by atoms with Gasteiger partial charge in [-0.3, -0.25) is 4.79 Å². The summed E-state index contributed by atoms with van der Waals surface area (Å²) in [6.45, 7) is 0. The first-order valence-corrected chi connectivity index (χ1v) is 6.69. The van der Waals surface area contributed by atoms with Gasteiger partial charge in [0.25, 0.3) is 0 Å². The Morgan fingerprint density at radius 3 is 2.30 bits per heavy atom. The molecule has 2 nitrogen and oxygen atoms in total. The number of carboxylic acids is 1. The second kappa shape index (κ2) is 6.85. The van der Waals surface area contributed by atoms with Crippen LogP contribution in [0.5, 0.6) is 0 Å². The molecular weight excluding hydrogens is 255 g/mol. The molecule has 1 unspecified atom stereocenters. The van der Waals surface area contributed by atoms with E-state index < -0.39 is 11.9 Å². The van der Waals surface area contributed by atoms with Crippen LogP contribution in [0, 0.1) is 5.82 Å². The largest absolute Gasteiger partial charge is 0.481 e. The third-order valence-electron chi connectivity index (χ3n) is 3.37. The molecule has 0 amide bonds. The lowest BCUT2D eigenvalue weighted by atomic mass is 9.92. The second-order valence-electron chi connectivity index (χ2n) is 4.82. The Morgan fingerprint density at radius 2 is 1.70 bits per heavy atom. The fraction of sp³-hybridized carbons (Fsp3) is 0.235. The average Bonchev–Trinajstić information content (AvgIpc) is 2.46. The molecule has 0 saturated carbocycles. The molecule has 3 heteroatoms. The van der Waals surface area contributed by atoms with E-state index in [9.17, 15) is 14.3 Å². The van der Waals surface area contributed by atoms with E-state index in [4.69, 9.17) is 0 Å². The number of halogens is 1. The minimum atomic E-state index is -0.857. The van der Waals surface area contributed by atoms with Crippen LogP contribution in [-0.4, -0.2) is 11.1 Å². The highest BCUT2D eigenvalue weighted by molar-refractivity contribution is 5.76. The molecule has 2 aromatic rings. The highest BCUT2D eigenvalue weighted by Crippen LogP contribution is 2.23. The van der Waals surface area contributed by atoms with E-state index in [0.29, 0.717) is 12.0 Å². The Morgan fingerprint density at radius 1 is 1.05 bits per heavy atom. The Hall–Kier alpha value is -2.16. The fourth-order valence-electron chi connectivity index (χ4n) is 2.28. The summed E-state index contributed by atoms with van der Waals surface area (Å²) in [7, 11) is 0. The molecule has 0 aromatic heterocycles. The van der Waals surface area contributed by atoms with E-state index in [1.54, 1.807) is 12.1 Å². The van der Waals surface area contributed by atoms with Crippen molar-refractivity contribution in [3.63, 3.8) is 0 Å². The minimum Gasteiger partial charge on any atom is -0.481 e. The first kappa shape index (κ1) is 14.3. The van der Waals surface area contributed by atoms with Gasteiger partial charge in [0.15, 0.2) is 0 Å². The Labute approximate surface area is 117 Å². The molecule has 0 radical (unpaired) electrons. The van der Waals surface area contributed by atoms with Crippen LogP contribution in [0.3, 0.4) is 0 Å². The van der Waals surface area contributed by atoms with Crippen molar-refractivity contribution in [2.75, 3.05) is 0 Å². The molecule has 0 fully saturated rings. The van der Waals surface area contributed by atoms with Gasteiger partial charge in [-0.2, -0.15) is 0 Å². The van der Waals surface area contributed by atoms with Crippen LogP contribution < -0.4 is 0 Å². The molecule has 0 spiro atoms. The molecule has 104 valence electrons. The van der Waals surface area contributed by atoms with Crippen molar-refractivity contribution in [2.45, 2.75) is 25.2 Å². The number of benzene rings is 2. The van der Waals surface area contributed by atoms with Gasteiger partial charge < -0.3 is 5.11 Å². The number of carbonyl (C=O) groups is 1. The van der Waals surface area contributed by atoms with Gasteiger partial charge in [-0.1, -0.05) is 42.5 Å². The van der Waals surface area contributed by atoms with Crippen LogP contribution in [0.1, 0.15) is 29.9 Å². The van der Waals surface area contributed by atoms with E-state index in [1.807, 2.05) is 30.3 Å². The molecule has 1 N–H and O–H groups in total. The van der Waals surface area contributed by atoms with E-state index in [2.05, 4.69) is 0 Å². The maximum Gasteiger partial charge on any atom is 0.310 e. The van der Waals surface area contributed by atoms with Gasteiger partial charge in [0.2, 0.25) is 0 Å². The van der Waals surface area contributed by atoms with Crippen LogP contribution >= 0.6 is 0 Å². The summed E-state index contributed by atoms with van der Waals surface area (Å²) in [4.78, 5) is 11.3. The quantitative estimate of drug-likeness (QED) is 0.862. The maximum atomic E-state index is 12.9. The first-order chi connectivity index (χ1) is 9.66. The van der Waals surface area contributed by atoms with E-state index >= 15 is 0 Å². The average molecular weight is 272 g/mol. The molecule has 20 heavy (non-hydrogen) atoms. The summed E-state index contributed by atoms with van der Waals surface area (Å²) in [5, 5.41) is 9.30. The second-order valence-corrected chi connectivity index (χ2v) is 4.82. The van der Waals surface area contributed by atoms with Crippen molar-refractivity contribution in [1.29, 1.82) is 0 Å². The highest BCUT2D eigenvalue weighted by Gasteiger charge is 2.19. The molecule has 1 atom stereocenters. The normalized spacial score (nSPS) is 12.1. The van der Waals surface area contributed by atoms with Gasteiger partial charge in [0.1, 0.15) is 5.82 Å². The SMILES string of the molecule is O=C(O)C(CCCc1ccccc1)c1ccc(F)cc1.